The normalized spacial score (nSPS) is 21.3. The van der Waals surface area contributed by atoms with E-state index < -0.39 is 0 Å². The Morgan fingerprint density at radius 3 is 3.07 bits per heavy atom. The first-order chi connectivity index (χ1) is 6.65. The minimum absolute atomic E-state index is 0.171. The summed E-state index contributed by atoms with van der Waals surface area (Å²) in [6, 6.07) is 0. The van der Waals surface area contributed by atoms with Crippen LogP contribution in [0.4, 0.5) is 0 Å². The summed E-state index contributed by atoms with van der Waals surface area (Å²) in [6.45, 7) is 4.38. The van der Waals surface area contributed by atoms with E-state index in [1.807, 2.05) is 0 Å². The van der Waals surface area contributed by atoms with E-state index in [1.54, 1.807) is 0 Å². The Morgan fingerprint density at radius 2 is 2.36 bits per heavy atom. The van der Waals surface area contributed by atoms with Crippen LogP contribution in [0.3, 0.4) is 0 Å². The van der Waals surface area contributed by atoms with Gasteiger partial charge in [0.05, 0.1) is 11.8 Å². The lowest BCUT2D eigenvalue weighted by molar-refractivity contribution is 0.157. The molecule has 3 heteroatoms. The third-order valence-electron chi connectivity index (χ3n) is 2.67. The highest BCUT2D eigenvalue weighted by molar-refractivity contribution is 5.19. The number of nitrogens with zero attached hydrogens (tertiary/aromatic N) is 1. The van der Waals surface area contributed by atoms with Crippen LogP contribution in [0.2, 0.25) is 0 Å². The van der Waals surface area contributed by atoms with Gasteiger partial charge in [0.1, 0.15) is 5.82 Å². The smallest absolute Gasteiger partial charge is 0.106 e. The van der Waals surface area contributed by atoms with Crippen LogP contribution in [-0.2, 0) is 19.3 Å². The minimum atomic E-state index is -0.171. The number of aryl methyl sites for hydroxylation is 1. The maximum Gasteiger partial charge on any atom is 0.106 e. The number of aromatic amines is 1. The fourth-order valence-corrected chi connectivity index (χ4v) is 2.00. The monoisotopic (exact) mass is 194 g/mol. The largest absolute Gasteiger partial charge is 0.393 e. The lowest BCUT2D eigenvalue weighted by Gasteiger charge is -2.14. The molecule has 0 amide bonds. The fourth-order valence-electron chi connectivity index (χ4n) is 2.00. The van der Waals surface area contributed by atoms with E-state index >= 15 is 0 Å². The zero-order chi connectivity index (χ0) is 10.1. The molecule has 2 N–H and O–H groups in total. The van der Waals surface area contributed by atoms with E-state index in [0.29, 0.717) is 5.92 Å². The van der Waals surface area contributed by atoms with E-state index in [2.05, 4.69) is 23.8 Å². The quantitative estimate of drug-likeness (QED) is 0.748. The number of imidazole rings is 1. The molecule has 1 aliphatic rings. The van der Waals surface area contributed by atoms with Crippen LogP contribution in [0.15, 0.2) is 0 Å². The summed E-state index contributed by atoms with van der Waals surface area (Å²) < 4.78 is 0. The van der Waals surface area contributed by atoms with Crippen LogP contribution in [-0.4, -0.2) is 21.2 Å². The number of rotatable bonds is 2. The van der Waals surface area contributed by atoms with Crippen molar-refractivity contribution in [3.05, 3.63) is 17.2 Å². The van der Waals surface area contributed by atoms with Crippen molar-refractivity contribution in [3.63, 3.8) is 0 Å². The highest BCUT2D eigenvalue weighted by Crippen LogP contribution is 2.20. The topological polar surface area (TPSA) is 48.9 Å². The molecule has 0 spiro atoms. The Morgan fingerprint density at radius 1 is 1.57 bits per heavy atom. The van der Waals surface area contributed by atoms with Gasteiger partial charge in [0, 0.05) is 18.5 Å². The number of H-pyrrole nitrogens is 1. The molecule has 0 saturated heterocycles. The van der Waals surface area contributed by atoms with Crippen molar-refractivity contribution in [2.24, 2.45) is 5.92 Å². The molecule has 1 heterocycles. The Kier molecular flexibility index (Phi) is 2.59. The Hall–Kier alpha value is -0.830. The summed E-state index contributed by atoms with van der Waals surface area (Å²) in [6.07, 6.45) is 3.36. The molecular weight excluding hydrogens is 176 g/mol. The van der Waals surface area contributed by atoms with Crippen molar-refractivity contribution < 1.29 is 5.11 Å². The van der Waals surface area contributed by atoms with Gasteiger partial charge in [-0.25, -0.2) is 4.98 Å². The third kappa shape index (κ3) is 1.98. The minimum Gasteiger partial charge on any atom is -0.393 e. The van der Waals surface area contributed by atoms with Gasteiger partial charge in [-0.1, -0.05) is 13.8 Å². The number of fused-ring (bicyclic) bond motifs is 1. The highest BCUT2D eigenvalue weighted by Gasteiger charge is 2.20. The molecule has 0 saturated carbocycles. The molecule has 0 bridgehead atoms. The van der Waals surface area contributed by atoms with Crippen molar-refractivity contribution in [2.45, 2.75) is 45.6 Å². The molecule has 2 rings (SSSR count). The average molecular weight is 194 g/mol. The van der Waals surface area contributed by atoms with E-state index in [4.69, 9.17) is 0 Å². The van der Waals surface area contributed by atoms with E-state index in [-0.39, 0.29) is 6.10 Å². The van der Waals surface area contributed by atoms with Gasteiger partial charge in [-0.3, -0.25) is 0 Å². The van der Waals surface area contributed by atoms with Crippen molar-refractivity contribution >= 4 is 0 Å². The van der Waals surface area contributed by atoms with Gasteiger partial charge < -0.3 is 10.1 Å². The van der Waals surface area contributed by atoms with Crippen LogP contribution in [0.1, 0.15) is 37.5 Å². The van der Waals surface area contributed by atoms with Crippen LogP contribution in [0.5, 0.6) is 0 Å². The summed E-state index contributed by atoms with van der Waals surface area (Å²) in [7, 11) is 0. The SMILES string of the molecule is CC(C)Cc1nc2c([nH]1)CC(O)CC2. The number of aromatic nitrogens is 2. The summed E-state index contributed by atoms with van der Waals surface area (Å²) in [4.78, 5) is 7.88. The molecular formula is C11H18N2O. The maximum absolute atomic E-state index is 9.50. The van der Waals surface area contributed by atoms with Crippen molar-refractivity contribution in [3.8, 4) is 0 Å². The molecule has 3 nitrogen and oxygen atoms in total. The van der Waals surface area contributed by atoms with Gasteiger partial charge in [-0.15, -0.1) is 0 Å². The lowest BCUT2D eigenvalue weighted by Crippen LogP contribution is -2.18. The van der Waals surface area contributed by atoms with E-state index in [9.17, 15) is 5.11 Å². The first kappa shape index (κ1) is 9.71. The molecule has 0 radical (unpaired) electrons. The first-order valence-electron chi connectivity index (χ1n) is 5.40. The Bertz CT molecular complexity index is 317. The van der Waals surface area contributed by atoms with E-state index in [0.717, 1.165) is 37.2 Å². The van der Waals surface area contributed by atoms with Crippen LogP contribution >= 0.6 is 0 Å². The van der Waals surface area contributed by atoms with Crippen molar-refractivity contribution in [1.29, 1.82) is 0 Å². The van der Waals surface area contributed by atoms with Crippen molar-refractivity contribution in [2.75, 3.05) is 0 Å². The number of aliphatic hydroxyl groups excluding tert-OH is 1. The summed E-state index contributed by atoms with van der Waals surface area (Å²) in [5.41, 5.74) is 2.32. The van der Waals surface area contributed by atoms with E-state index in [1.165, 1.54) is 5.69 Å². The number of nitrogens with one attached hydrogen (secondary N) is 1. The molecule has 1 atom stereocenters. The number of hydrogen-bond acceptors (Lipinski definition) is 2. The summed E-state index contributed by atoms with van der Waals surface area (Å²) >= 11 is 0. The molecule has 1 aromatic heterocycles. The summed E-state index contributed by atoms with van der Waals surface area (Å²) in [5, 5.41) is 9.50. The highest BCUT2D eigenvalue weighted by atomic mass is 16.3. The summed E-state index contributed by atoms with van der Waals surface area (Å²) in [5.74, 6) is 1.71. The average Bonchev–Trinajstić information content (AvgIpc) is 2.44. The third-order valence-corrected chi connectivity index (χ3v) is 2.67. The zero-order valence-corrected chi connectivity index (χ0v) is 8.88. The molecule has 1 aliphatic carbocycles. The molecule has 0 aromatic carbocycles. The van der Waals surface area contributed by atoms with Gasteiger partial charge in [0.15, 0.2) is 0 Å². The standard InChI is InChI=1S/C11H18N2O/c1-7(2)5-11-12-9-4-3-8(14)6-10(9)13-11/h7-8,14H,3-6H2,1-2H3,(H,12,13). The second-order valence-electron chi connectivity index (χ2n) is 4.60. The van der Waals surface area contributed by atoms with Gasteiger partial charge in [0.25, 0.3) is 0 Å². The molecule has 78 valence electrons. The van der Waals surface area contributed by atoms with Crippen LogP contribution in [0, 0.1) is 5.92 Å². The molecule has 0 fully saturated rings. The Balaban J connectivity index is 2.15. The molecule has 1 aromatic rings. The molecule has 0 aliphatic heterocycles. The maximum atomic E-state index is 9.50. The second kappa shape index (κ2) is 3.73. The predicted molar refractivity (Wildman–Crippen MR) is 55.2 cm³/mol. The van der Waals surface area contributed by atoms with Gasteiger partial charge in [-0.05, 0) is 18.8 Å². The predicted octanol–water partition coefficient (Wildman–Crippen LogP) is 1.46. The van der Waals surface area contributed by atoms with Crippen LogP contribution < -0.4 is 0 Å². The first-order valence-corrected chi connectivity index (χ1v) is 5.40. The second-order valence-corrected chi connectivity index (χ2v) is 4.60. The number of aliphatic hydroxyl groups is 1. The van der Waals surface area contributed by atoms with Gasteiger partial charge >= 0.3 is 0 Å². The van der Waals surface area contributed by atoms with Gasteiger partial charge in [0.2, 0.25) is 0 Å². The molecule has 1 unspecified atom stereocenters. The fraction of sp³-hybridized carbons (Fsp3) is 0.727. The van der Waals surface area contributed by atoms with Crippen molar-refractivity contribution in [1.82, 2.24) is 9.97 Å². The number of hydrogen-bond donors (Lipinski definition) is 2. The molecule has 14 heavy (non-hydrogen) atoms. The van der Waals surface area contributed by atoms with Gasteiger partial charge in [-0.2, -0.15) is 0 Å². The van der Waals surface area contributed by atoms with Crippen LogP contribution in [0.25, 0.3) is 0 Å². The zero-order valence-electron chi connectivity index (χ0n) is 8.88. The lowest BCUT2D eigenvalue weighted by atomic mass is 9.99. The Labute approximate surface area is 84.6 Å².